The fraction of sp³-hybridized carbons (Fsp3) is 0.800. The first-order valence-corrected chi connectivity index (χ1v) is 3.90. The number of alkyl halides is 1. The summed E-state index contributed by atoms with van der Waals surface area (Å²) in [4.78, 5) is 10.5. The normalized spacial score (nSPS) is 43.0. The Morgan fingerprint density at radius 1 is 1.78 bits per heavy atom. The molecule has 4 heteroatoms. The lowest BCUT2D eigenvalue weighted by molar-refractivity contribution is -0.146. The maximum absolute atomic E-state index is 10.5. The van der Waals surface area contributed by atoms with Crippen molar-refractivity contribution in [2.45, 2.75) is 23.1 Å². The molecule has 9 heavy (non-hydrogen) atoms. The molecular formula is C5H7IO3. The van der Waals surface area contributed by atoms with Gasteiger partial charge in [0.25, 0.3) is 0 Å². The smallest absolute Gasteiger partial charge is 0.336 e. The van der Waals surface area contributed by atoms with Crippen molar-refractivity contribution < 1.29 is 14.6 Å². The van der Waals surface area contributed by atoms with Gasteiger partial charge in [0.15, 0.2) is 6.10 Å². The number of hydrogen-bond acceptors (Lipinski definition) is 3. The van der Waals surface area contributed by atoms with E-state index in [-0.39, 0.29) is 10.0 Å². The Morgan fingerprint density at radius 2 is 2.33 bits per heavy atom. The molecule has 52 valence electrons. The Bertz CT molecular complexity index is 136. The number of halogens is 1. The number of aliphatic hydroxyl groups excluding tert-OH is 1. The topological polar surface area (TPSA) is 46.5 Å². The number of ether oxygens (including phenoxy) is 1. The molecule has 1 aliphatic rings. The number of hydrogen-bond donors (Lipinski definition) is 1. The summed E-state index contributed by atoms with van der Waals surface area (Å²) in [5.41, 5.74) is 0. The largest absolute Gasteiger partial charge is 0.459 e. The predicted octanol–water partition coefficient (Wildman–Crippen LogP) is 0.0962. The Morgan fingerprint density at radius 3 is 2.44 bits per heavy atom. The lowest BCUT2D eigenvalue weighted by Gasteiger charge is -2.03. The summed E-state index contributed by atoms with van der Waals surface area (Å²) < 4.78 is 4.60. The first-order valence-electron chi connectivity index (χ1n) is 2.65. The van der Waals surface area contributed by atoms with E-state index in [0.717, 1.165) is 0 Å². The molecular weight excluding hydrogens is 235 g/mol. The van der Waals surface area contributed by atoms with Crippen molar-refractivity contribution in [3.05, 3.63) is 0 Å². The van der Waals surface area contributed by atoms with Crippen molar-refractivity contribution in [2.75, 3.05) is 0 Å². The molecule has 0 bridgehead atoms. The third kappa shape index (κ3) is 1.19. The Kier molecular flexibility index (Phi) is 1.95. The summed E-state index contributed by atoms with van der Waals surface area (Å²) in [7, 11) is 0. The van der Waals surface area contributed by atoms with E-state index in [1.165, 1.54) is 0 Å². The van der Waals surface area contributed by atoms with Gasteiger partial charge in [-0.2, -0.15) is 0 Å². The average Bonchev–Trinajstić information content (AvgIpc) is 1.98. The molecule has 0 aromatic heterocycles. The SMILES string of the molecule is C[C@@H]1OC(=O)[C@H](O)[C@@H]1I. The van der Waals surface area contributed by atoms with Crippen molar-refractivity contribution in [2.24, 2.45) is 0 Å². The van der Waals surface area contributed by atoms with Crippen LogP contribution in [0.2, 0.25) is 0 Å². The number of aliphatic hydroxyl groups is 1. The van der Waals surface area contributed by atoms with E-state index < -0.39 is 12.1 Å². The van der Waals surface area contributed by atoms with Gasteiger partial charge in [-0.15, -0.1) is 0 Å². The molecule has 1 fully saturated rings. The van der Waals surface area contributed by atoms with Crippen molar-refractivity contribution in [1.29, 1.82) is 0 Å². The summed E-state index contributed by atoms with van der Waals surface area (Å²) in [6, 6.07) is 0. The van der Waals surface area contributed by atoms with Crippen molar-refractivity contribution in [3.8, 4) is 0 Å². The molecule has 0 radical (unpaired) electrons. The molecule has 1 rings (SSSR count). The Balaban J connectivity index is 2.65. The van der Waals surface area contributed by atoms with Gasteiger partial charge in [0.05, 0.1) is 3.92 Å². The summed E-state index contributed by atoms with van der Waals surface area (Å²) in [6.45, 7) is 1.77. The third-order valence-corrected chi connectivity index (χ3v) is 2.99. The van der Waals surface area contributed by atoms with Crippen LogP contribution in [0.5, 0.6) is 0 Å². The average molecular weight is 242 g/mol. The summed E-state index contributed by atoms with van der Waals surface area (Å²) in [5, 5.41) is 8.95. The van der Waals surface area contributed by atoms with E-state index in [1.54, 1.807) is 6.92 Å². The maximum Gasteiger partial charge on any atom is 0.336 e. The van der Waals surface area contributed by atoms with E-state index >= 15 is 0 Å². The molecule has 3 nitrogen and oxygen atoms in total. The van der Waals surface area contributed by atoms with Gasteiger partial charge in [-0.3, -0.25) is 0 Å². The number of carbonyl (C=O) groups excluding carboxylic acids is 1. The second-order valence-electron chi connectivity index (χ2n) is 2.03. The predicted molar refractivity (Wildman–Crippen MR) is 39.4 cm³/mol. The second kappa shape index (κ2) is 2.42. The van der Waals surface area contributed by atoms with Crippen LogP contribution in [0, 0.1) is 0 Å². The van der Waals surface area contributed by atoms with Crippen molar-refractivity contribution >= 4 is 28.6 Å². The molecule has 0 unspecified atom stereocenters. The van der Waals surface area contributed by atoms with Crippen molar-refractivity contribution in [1.82, 2.24) is 0 Å². The van der Waals surface area contributed by atoms with Gasteiger partial charge in [-0.1, -0.05) is 22.6 Å². The first kappa shape index (κ1) is 7.27. The minimum atomic E-state index is -0.916. The zero-order valence-electron chi connectivity index (χ0n) is 4.87. The fourth-order valence-corrected chi connectivity index (χ4v) is 1.15. The van der Waals surface area contributed by atoms with Crippen molar-refractivity contribution in [3.63, 3.8) is 0 Å². The molecule has 0 aromatic carbocycles. The van der Waals surface area contributed by atoms with Crippen LogP contribution in [0.4, 0.5) is 0 Å². The highest BCUT2D eigenvalue weighted by atomic mass is 127. The van der Waals surface area contributed by atoms with Gasteiger partial charge in [0, 0.05) is 0 Å². The standard InChI is InChI=1S/C5H7IO3/c1-2-3(6)4(7)5(8)9-2/h2-4,7H,1H3/t2-,3+,4+/m0/s1. The Hall–Kier alpha value is 0.160. The molecule has 0 aliphatic carbocycles. The van der Waals surface area contributed by atoms with Crippen LogP contribution in [0.15, 0.2) is 0 Å². The molecule has 1 heterocycles. The zero-order chi connectivity index (χ0) is 7.02. The van der Waals surface area contributed by atoms with Gasteiger partial charge in [0.2, 0.25) is 0 Å². The lowest BCUT2D eigenvalue weighted by Crippen LogP contribution is -2.23. The van der Waals surface area contributed by atoms with Gasteiger partial charge < -0.3 is 9.84 Å². The van der Waals surface area contributed by atoms with Gasteiger partial charge in [-0.25, -0.2) is 4.79 Å². The van der Waals surface area contributed by atoms with E-state index in [0.29, 0.717) is 0 Å². The molecule has 1 aliphatic heterocycles. The highest BCUT2D eigenvalue weighted by Gasteiger charge is 2.38. The van der Waals surface area contributed by atoms with Crippen LogP contribution in [-0.2, 0) is 9.53 Å². The highest BCUT2D eigenvalue weighted by Crippen LogP contribution is 2.22. The summed E-state index contributed by atoms with van der Waals surface area (Å²) >= 11 is 2.00. The van der Waals surface area contributed by atoms with E-state index in [9.17, 15) is 4.79 Å². The van der Waals surface area contributed by atoms with Gasteiger partial charge >= 0.3 is 5.97 Å². The van der Waals surface area contributed by atoms with E-state index in [1.807, 2.05) is 22.6 Å². The van der Waals surface area contributed by atoms with Crippen LogP contribution < -0.4 is 0 Å². The highest BCUT2D eigenvalue weighted by molar-refractivity contribution is 14.1. The first-order chi connectivity index (χ1) is 4.13. The second-order valence-corrected chi connectivity index (χ2v) is 3.47. The number of cyclic esters (lactones) is 1. The zero-order valence-corrected chi connectivity index (χ0v) is 7.03. The number of esters is 1. The van der Waals surface area contributed by atoms with E-state index in [4.69, 9.17) is 5.11 Å². The summed E-state index contributed by atoms with van der Waals surface area (Å²) in [5.74, 6) is -0.498. The van der Waals surface area contributed by atoms with Crippen LogP contribution in [-0.4, -0.2) is 27.2 Å². The summed E-state index contributed by atoms with van der Waals surface area (Å²) in [6.07, 6.45) is -1.06. The minimum Gasteiger partial charge on any atom is -0.459 e. The molecule has 0 saturated carbocycles. The molecule has 0 spiro atoms. The lowest BCUT2D eigenvalue weighted by atomic mass is 10.2. The molecule has 3 atom stereocenters. The van der Waals surface area contributed by atoms with Crippen LogP contribution in [0.25, 0.3) is 0 Å². The molecule has 0 amide bonds. The van der Waals surface area contributed by atoms with Gasteiger partial charge in [0.1, 0.15) is 6.10 Å². The number of carbonyl (C=O) groups is 1. The maximum atomic E-state index is 10.5. The quantitative estimate of drug-likeness (QED) is 0.372. The van der Waals surface area contributed by atoms with Crippen LogP contribution in [0.1, 0.15) is 6.92 Å². The molecule has 0 aromatic rings. The van der Waals surface area contributed by atoms with Gasteiger partial charge in [-0.05, 0) is 6.92 Å². The molecule has 1 N–H and O–H groups in total. The fourth-order valence-electron chi connectivity index (χ4n) is 0.705. The monoisotopic (exact) mass is 242 g/mol. The van der Waals surface area contributed by atoms with E-state index in [2.05, 4.69) is 4.74 Å². The molecule has 1 saturated heterocycles. The number of rotatable bonds is 0. The third-order valence-electron chi connectivity index (χ3n) is 1.29. The minimum absolute atomic E-state index is 0.0879. The van der Waals surface area contributed by atoms with Crippen LogP contribution in [0.3, 0.4) is 0 Å². The Labute approximate surface area is 66.5 Å². The van der Waals surface area contributed by atoms with Crippen LogP contribution >= 0.6 is 22.6 Å².